The highest BCUT2D eigenvalue weighted by Crippen LogP contribution is 2.40. The lowest BCUT2D eigenvalue weighted by atomic mass is 10.1. The van der Waals surface area contributed by atoms with Crippen molar-refractivity contribution in [3.05, 3.63) is 47.8 Å². The molecule has 1 fully saturated rings. The quantitative estimate of drug-likeness (QED) is 0.870. The van der Waals surface area contributed by atoms with Crippen LogP contribution in [0.3, 0.4) is 0 Å². The molecular weight excluding hydrogens is 210 g/mol. The summed E-state index contributed by atoms with van der Waals surface area (Å²) in [4.78, 5) is 0. The van der Waals surface area contributed by atoms with Crippen LogP contribution in [0.25, 0.3) is 5.69 Å². The highest BCUT2D eigenvalue weighted by molar-refractivity contribution is 5.38. The molecule has 2 aromatic rings. The number of aromatic nitrogens is 2. The molecule has 3 heteroatoms. The van der Waals surface area contributed by atoms with Crippen molar-refractivity contribution in [1.29, 1.82) is 0 Å². The average molecular weight is 227 g/mol. The third-order valence-electron chi connectivity index (χ3n) is 3.26. The van der Waals surface area contributed by atoms with Gasteiger partial charge in [0.2, 0.25) is 0 Å². The lowest BCUT2D eigenvalue weighted by Crippen LogP contribution is -2.05. The molecule has 0 unspecified atom stereocenters. The fraction of sp³-hybridized carbons (Fsp3) is 0.357. The third-order valence-corrected chi connectivity index (χ3v) is 3.26. The number of rotatable bonds is 4. The van der Waals surface area contributed by atoms with Crippen LogP contribution < -0.4 is 5.73 Å². The summed E-state index contributed by atoms with van der Waals surface area (Å²) in [6.07, 6.45) is 5.42. The summed E-state index contributed by atoms with van der Waals surface area (Å²) in [5.41, 5.74) is 9.37. The van der Waals surface area contributed by atoms with Crippen LogP contribution in [0.4, 0.5) is 0 Å². The second kappa shape index (κ2) is 4.34. The normalized spacial score (nSPS) is 15.1. The van der Waals surface area contributed by atoms with E-state index in [1.54, 1.807) is 0 Å². The van der Waals surface area contributed by atoms with Gasteiger partial charge in [-0.25, -0.2) is 4.68 Å². The first-order chi connectivity index (χ1) is 8.38. The van der Waals surface area contributed by atoms with Gasteiger partial charge in [0, 0.05) is 17.8 Å². The Labute approximate surface area is 101 Å². The molecule has 1 aromatic carbocycles. The summed E-state index contributed by atoms with van der Waals surface area (Å²) >= 11 is 0. The van der Waals surface area contributed by atoms with E-state index in [1.807, 2.05) is 6.20 Å². The van der Waals surface area contributed by atoms with E-state index in [0.29, 0.717) is 6.54 Å². The van der Waals surface area contributed by atoms with Crippen LogP contribution in [0.2, 0.25) is 0 Å². The standard InChI is InChI=1S/C14H17N3/c15-8-6-11-2-1-3-13(10-11)17-14(7-9-16-17)12-4-5-12/h1-3,7,9-10,12H,4-6,8,15H2. The fourth-order valence-electron chi connectivity index (χ4n) is 2.23. The monoisotopic (exact) mass is 227 g/mol. The fourth-order valence-corrected chi connectivity index (χ4v) is 2.23. The van der Waals surface area contributed by atoms with Crippen molar-refractivity contribution < 1.29 is 0 Å². The summed E-state index contributed by atoms with van der Waals surface area (Å²) in [6, 6.07) is 10.6. The van der Waals surface area contributed by atoms with E-state index in [0.717, 1.165) is 18.0 Å². The molecule has 0 amide bonds. The second-order valence-corrected chi connectivity index (χ2v) is 4.65. The van der Waals surface area contributed by atoms with E-state index in [4.69, 9.17) is 5.73 Å². The molecule has 0 bridgehead atoms. The molecule has 0 spiro atoms. The molecule has 17 heavy (non-hydrogen) atoms. The first kappa shape index (κ1) is 10.5. The minimum Gasteiger partial charge on any atom is -0.330 e. The maximum absolute atomic E-state index is 5.60. The molecule has 1 aliphatic rings. The van der Waals surface area contributed by atoms with Crippen molar-refractivity contribution in [1.82, 2.24) is 9.78 Å². The molecular formula is C14H17N3. The molecule has 1 saturated carbocycles. The van der Waals surface area contributed by atoms with Crippen molar-refractivity contribution in [2.75, 3.05) is 6.54 Å². The number of nitrogens with zero attached hydrogens (tertiary/aromatic N) is 2. The van der Waals surface area contributed by atoms with E-state index in [2.05, 4.69) is 40.1 Å². The molecule has 88 valence electrons. The zero-order valence-electron chi connectivity index (χ0n) is 9.84. The van der Waals surface area contributed by atoms with Crippen LogP contribution >= 0.6 is 0 Å². The van der Waals surface area contributed by atoms with Crippen molar-refractivity contribution in [2.45, 2.75) is 25.2 Å². The minimum atomic E-state index is 0.693. The van der Waals surface area contributed by atoms with Gasteiger partial charge < -0.3 is 5.73 Å². The van der Waals surface area contributed by atoms with Crippen LogP contribution in [-0.4, -0.2) is 16.3 Å². The predicted octanol–water partition coefficient (Wildman–Crippen LogP) is 2.25. The Balaban J connectivity index is 1.96. The van der Waals surface area contributed by atoms with Gasteiger partial charge in [-0.3, -0.25) is 0 Å². The molecule has 1 aliphatic carbocycles. The van der Waals surface area contributed by atoms with Crippen LogP contribution in [0.5, 0.6) is 0 Å². The summed E-state index contributed by atoms with van der Waals surface area (Å²) in [6.45, 7) is 0.693. The Bertz CT molecular complexity index is 512. The van der Waals surface area contributed by atoms with Crippen molar-refractivity contribution in [2.24, 2.45) is 5.73 Å². The Morgan fingerprint density at radius 2 is 2.18 bits per heavy atom. The maximum atomic E-state index is 5.60. The van der Waals surface area contributed by atoms with E-state index >= 15 is 0 Å². The van der Waals surface area contributed by atoms with Crippen molar-refractivity contribution >= 4 is 0 Å². The van der Waals surface area contributed by atoms with Gasteiger partial charge in [0.25, 0.3) is 0 Å². The van der Waals surface area contributed by atoms with E-state index in [1.165, 1.54) is 24.1 Å². The molecule has 3 rings (SSSR count). The Morgan fingerprint density at radius 3 is 2.94 bits per heavy atom. The van der Waals surface area contributed by atoms with Crippen LogP contribution in [0, 0.1) is 0 Å². The average Bonchev–Trinajstić information content (AvgIpc) is 3.08. The van der Waals surface area contributed by atoms with Gasteiger partial charge in [-0.1, -0.05) is 12.1 Å². The number of hydrogen-bond donors (Lipinski definition) is 1. The lowest BCUT2D eigenvalue weighted by Gasteiger charge is -2.08. The Morgan fingerprint density at radius 1 is 1.29 bits per heavy atom. The molecule has 1 heterocycles. The third kappa shape index (κ3) is 2.11. The highest BCUT2D eigenvalue weighted by atomic mass is 15.3. The summed E-state index contributed by atoms with van der Waals surface area (Å²) in [7, 11) is 0. The van der Waals surface area contributed by atoms with Crippen molar-refractivity contribution in [3.63, 3.8) is 0 Å². The number of hydrogen-bond acceptors (Lipinski definition) is 2. The lowest BCUT2D eigenvalue weighted by molar-refractivity contribution is 0.805. The smallest absolute Gasteiger partial charge is 0.0651 e. The van der Waals surface area contributed by atoms with E-state index in [9.17, 15) is 0 Å². The molecule has 3 nitrogen and oxygen atoms in total. The van der Waals surface area contributed by atoms with Crippen LogP contribution in [-0.2, 0) is 6.42 Å². The minimum absolute atomic E-state index is 0.693. The van der Waals surface area contributed by atoms with Gasteiger partial charge in [-0.2, -0.15) is 5.10 Å². The predicted molar refractivity (Wildman–Crippen MR) is 68.3 cm³/mol. The molecule has 2 N–H and O–H groups in total. The van der Waals surface area contributed by atoms with Crippen molar-refractivity contribution in [3.8, 4) is 5.69 Å². The number of nitrogens with two attached hydrogens (primary N) is 1. The van der Waals surface area contributed by atoms with Gasteiger partial charge in [-0.15, -0.1) is 0 Å². The summed E-state index contributed by atoms with van der Waals surface area (Å²) in [5.74, 6) is 0.718. The Kier molecular flexibility index (Phi) is 2.69. The zero-order chi connectivity index (χ0) is 11.7. The molecule has 0 aliphatic heterocycles. The van der Waals surface area contributed by atoms with E-state index in [-0.39, 0.29) is 0 Å². The molecule has 0 atom stereocenters. The van der Waals surface area contributed by atoms with Gasteiger partial charge >= 0.3 is 0 Å². The van der Waals surface area contributed by atoms with Gasteiger partial charge in [0.1, 0.15) is 0 Å². The Hall–Kier alpha value is -1.61. The second-order valence-electron chi connectivity index (χ2n) is 4.65. The summed E-state index contributed by atoms with van der Waals surface area (Å²) in [5, 5.41) is 4.43. The largest absolute Gasteiger partial charge is 0.330 e. The highest BCUT2D eigenvalue weighted by Gasteiger charge is 2.27. The van der Waals surface area contributed by atoms with Gasteiger partial charge in [0.05, 0.1) is 5.69 Å². The summed E-state index contributed by atoms with van der Waals surface area (Å²) < 4.78 is 2.07. The zero-order valence-corrected chi connectivity index (χ0v) is 9.84. The molecule has 0 saturated heterocycles. The number of benzene rings is 1. The van der Waals surface area contributed by atoms with Gasteiger partial charge in [0.15, 0.2) is 0 Å². The van der Waals surface area contributed by atoms with E-state index < -0.39 is 0 Å². The van der Waals surface area contributed by atoms with Gasteiger partial charge in [-0.05, 0) is 49.6 Å². The topological polar surface area (TPSA) is 43.8 Å². The first-order valence-electron chi connectivity index (χ1n) is 6.22. The first-order valence-corrected chi connectivity index (χ1v) is 6.22. The molecule has 1 aromatic heterocycles. The molecule has 0 radical (unpaired) electrons. The SMILES string of the molecule is NCCc1cccc(-n2nccc2C2CC2)c1. The van der Waals surface area contributed by atoms with Crippen LogP contribution in [0.15, 0.2) is 36.5 Å². The maximum Gasteiger partial charge on any atom is 0.0651 e. The van der Waals surface area contributed by atoms with Crippen LogP contribution in [0.1, 0.15) is 30.0 Å².